The van der Waals surface area contributed by atoms with Crippen LogP contribution in [0.2, 0.25) is 0 Å². The van der Waals surface area contributed by atoms with Crippen molar-refractivity contribution in [1.29, 1.82) is 0 Å². The van der Waals surface area contributed by atoms with Crippen molar-refractivity contribution in [3.8, 4) is 11.1 Å². The zero-order valence-corrected chi connectivity index (χ0v) is 13.4. The monoisotopic (exact) mass is 311 g/mol. The van der Waals surface area contributed by atoms with Crippen molar-refractivity contribution in [2.24, 2.45) is 0 Å². The topological polar surface area (TPSA) is 29.1 Å². The predicted octanol–water partition coefficient (Wildman–Crippen LogP) is 4.62. The van der Waals surface area contributed by atoms with Crippen LogP contribution in [0.15, 0.2) is 72.8 Å². The Bertz CT molecular complexity index is 921. The maximum atomic E-state index is 11.9. The van der Waals surface area contributed by atoms with Gasteiger partial charge in [-0.1, -0.05) is 60.7 Å². The van der Waals surface area contributed by atoms with Crippen molar-refractivity contribution >= 4 is 17.6 Å². The molecule has 0 aromatic heterocycles. The van der Waals surface area contributed by atoms with E-state index in [0.29, 0.717) is 5.56 Å². The zero-order chi connectivity index (χ0) is 16.5. The smallest absolute Gasteiger partial charge is 0.251 e. The van der Waals surface area contributed by atoms with E-state index < -0.39 is 0 Å². The summed E-state index contributed by atoms with van der Waals surface area (Å²) in [4.78, 5) is 11.9. The lowest BCUT2D eigenvalue weighted by atomic mass is 10.00. The molecule has 0 fully saturated rings. The molecule has 2 heteroatoms. The van der Waals surface area contributed by atoms with E-state index in [1.807, 2.05) is 24.3 Å². The molecule has 1 amide bonds. The van der Waals surface area contributed by atoms with Crippen LogP contribution in [0.3, 0.4) is 0 Å². The average Bonchev–Trinajstić information content (AvgIpc) is 2.96. The molecule has 0 radical (unpaired) electrons. The van der Waals surface area contributed by atoms with Gasteiger partial charge in [-0.15, -0.1) is 0 Å². The van der Waals surface area contributed by atoms with Gasteiger partial charge in [0.2, 0.25) is 0 Å². The first-order valence-electron chi connectivity index (χ1n) is 8.01. The number of hydrogen-bond donors (Lipinski definition) is 1. The molecule has 0 aliphatic heterocycles. The second-order valence-corrected chi connectivity index (χ2v) is 5.85. The van der Waals surface area contributed by atoms with E-state index in [4.69, 9.17) is 0 Å². The van der Waals surface area contributed by atoms with E-state index in [1.165, 1.54) is 27.8 Å². The number of rotatable bonds is 2. The number of carbonyl (C=O) groups is 1. The molecule has 0 saturated heterocycles. The van der Waals surface area contributed by atoms with E-state index in [1.54, 1.807) is 7.05 Å². The fourth-order valence-electron chi connectivity index (χ4n) is 3.29. The van der Waals surface area contributed by atoms with E-state index >= 15 is 0 Å². The predicted molar refractivity (Wildman–Crippen MR) is 98.7 cm³/mol. The van der Waals surface area contributed by atoms with Gasteiger partial charge in [0.15, 0.2) is 0 Å². The summed E-state index contributed by atoms with van der Waals surface area (Å²) in [7, 11) is 1.65. The largest absolute Gasteiger partial charge is 0.355 e. The average molecular weight is 311 g/mol. The summed E-state index contributed by atoms with van der Waals surface area (Å²) in [6, 6.07) is 24.6. The summed E-state index contributed by atoms with van der Waals surface area (Å²) in [5, 5.41) is 2.67. The summed E-state index contributed by atoms with van der Waals surface area (Å²) < 4.78 is 0. The number of nitrogens with one attached hydrogen (secondary N) is 1. The SMILES string of the molecule is CNC(=O)c1cccc(C=C2c3ccccc3-c3ccccc32)c1. The second-order valence-electron chi connectivity index (χ2n) is 5.85. The maximum absolute atomic E-state index is 11.9. The third-order valence-electron chi connectivity index (χ3n) is 4.41. The van der Waals surface area contributed by atoms with Gasteiger partial charge in [-0.2, -0.15) is 0 Å². The van der Waals surface area contributed by atoms with E-state index in [0.717, 1.165) is 5.56 Å². The van der Waals surface area contributed by atoms with Crippen LogP contribution in [-0.4, -0.2) is 13.0 Å². The number of hydrogen-bond acceptors (Lipinski definition) is 1. The quantitative estimate of drug-likeness (QED) is 0.575. The Hall–Kier alpha value is -3.13. The third kappa shape index (κ3) is 2.33. The van der Waals surface area contributed by atoms with Gasteiger partial charge in [-0.05, 0) is 51.6 Å². The molecular weight excluding hydrogens is 294 g/mol. The fraction of sp³-hybridized carbons (Fsp3) is 0.0455. The van der Waals surface area contributed by atoms with Crippen LogP contribution in [0.1, 0.15) is 27.0 Å². The van der Waals surface area contributed by atoms with E-state index in [9.17, 15) is 4.79 Å². The lowest BCUT2D eigenvalue weighted by Gasteiger charge is -2.05. The molecule has 3 aromatic carbocycles. The van der Waals surface area contributed by atoms with Crippen LogP contribution < -0.4 is 5.32 Å². The molecule has 4 rings (SSSR count). The first kappa shape index (κ1) is 14.5. The van der Waals surface area contributed by atoms with Crippen molar-refractivity contribution in [2.45, 2.75) is 0 Å². The van der Waals surface area contributed by atoms with Crippen LogP contribution in [0, 0.1) is 0 Å². The molecule has 0 unspecified atom stereocenters. The van der Waals surface area contributed by atoms with Gasteiger partial charge in [-0.25, -0.2) is 0 Å². The van der Waals surface area contributed by atoms with Crippen molar-refractivity contribution in [3.05, 3.63) is 95.1 Å². The molecule has 0 spiro atoms. The summed E-state index contributed by atoms with van der Waals surface area (Å²) in [6.45, 7) is 0. The molecule has 1 N–H and O–H groups in total. The Morgan fingerprint density at radius 2 is 1.38 bits per heavy atom. The first-order valence-corrected chi connectivity index (χ1v) is 8.01. The molecule has 0 heterocycles. The number of fused-ring (bicyclic) bond motifs is 3. The van der Waals surface area contributed by atoms with Crippen LogP contribution in [0.25, 0.3) is 22.8 Å². The Morgan fingerprint density at radius 3 is 1.96 bits per heavy atom. The highest BCUT2D eigenvalue weighted by Crippen LogP contribution is 2.44. The summed E-state index contributed by atoms with van der Waals surface area (Å²) >= 11 is 0. The van der Waals surface area contributed by atoms with Gasteiger partial charge in [0.25, 0.3) is 5.91 Å². The lowest BCUT2D eigenvalue weighted by Crippen LogP contribution is -2.17. The Balaban J connectivity index is 1.88. The van der Waals surface area contributed by atoms with E-state index in [2.05, 4.69) is 59.9 Å². The van der Waals surface area contributed by atoms with Crippen LogP contribution in [-0.2, 0) is 0 Å². The summed E-state index contributed by atoms with van der Waals surface area (Å²) in [6.07, 6.45) is 2.16. The standard InChI is InChI=1S/C22H17NO/c1-23-22(24)16-8-6-7-15(13-16)14-21-19-11-4-2-9-17(19)18-10-3-5-12-20(18)21/h2-14H,1H3,(H,23,24). The van der Waals surface area contributed by atoms with Crippen molar-refractivity contribution in [3.63, 3.8) is 0 Å². The molecular formula is C22H17NO. The normalized spacial score (nSPS) is 11.6. The highest BCUT2D eigenvalue weighted by molar-refractivity contribution is 6.06. The molecule has 0 saturated carbocycles. The molecule has 2 nitrogen and oxygen atoms in total. The zero-order valence-electron chi connectivity index (χ0n) is 13.4. The molecule has 0 atom stereocenters. The number of benzene rings is 3. The number of carbonyl (C=O) groups excluding carboxylic acids is 1. The Labute approximate surface area is 141 Å². The molecule has 0 bridgehead atoms. The van der Waals surface area contributed by atoms with Crippen molar-refractivity contribution in [1.82, 2.24) is 5.32 Å². The van der Waals surface area contributed by atoms with Crippen LogP contribution in [0.5, 0.6) is 0 Å². The first-order chi connectivity index (χ1) is 11.8. The lowest BCUT2D eigenvalue weighted by molar-refractivity contribution is 0.0963. The third-order valence-corrected chi connectivity index (χ3v) is 4.41. The number of amides is 1. The Kier molecular flexibility index (Phi) is 3.51. The van der Waals surface area contributed by atoms with Gasteiger partial charge in [0.05, 0.1) is 0 Å². The summed E-state index contributed by atoms with van der Waals surface area (Å²) in [5.74, 6) is -0.0672. The van der Waals surface area contributed by atoms with Crippen LogP contribution in [0.4, 0.5) is 0 Å². The second kappa shape index (κ2) is 5.82. The maximum Gasteiger partial charge on any atom is 0.251 e. The fourth-order valence-corrected chi connectivity index (χ4v) is 3.29. The molecule has 1 aliphatic rings. The minimum atomic E-state index is -0.0672. The highest BCUT2D eigenvalue weighted by atomic mass is 16.1. The van der Waals surface area contributed by atoms with Gasteiger partial charge in [-0.3, -0.25) is 4.79 Å². The van der Waals surface area contributed by atoms with Crippen molar-refractivity contribution in [2.75, 3.05) is 7.05 Å². The Morgan fingerprint density at radius 1 is 0.792 bits per heavy atom. The molecule has 3 aromatic rings. The van der Waals surface area contributed by atoms with E-state index in [-0.39, 0.29) is 5.91 Å². The molecule has 116 valence electrons. The minimum absolute atomic E-state index is 0.0672. The van der Waals surface area contributed by atoms with Crippen LogP contribution >= 0.6 is 0 Å². The van der Waals surface area contributed by atoms with Crippen molar-refractivity contribution < 1.29 is 4.79 Å². The minimum Gasteiger partial charge on any atom is -0.355 e. The van der Waals surface area contributed by atoms with Gasteiger partial charge < -0.3 is 5.32 Å². The van der Waals surface area contributed by atoms with Gasteiger partial charge in [0, 0.05) is 12.6 Å². The molecule has 24 heavy (non-hydrogen) atoms. The van der Waals surface area contributed by atoms with Gasteiger partial charge in [0.1, 0.15) is 0 Å². The molecule has 1 aliphatic carbocycles. The highest BCUT2D eigenvalue weighted by Gasteiger charge is 2.22. The summed E-state index contributed by atoms with van der Waals surface area (Å²) in [5.41, 5.74) is 7.91. The van der Waals surface area contributed by atoms with Gasteiger partial charge >= 0.3 is 0 Å².